The Morgan fingerprint density at radius 3 is 2.86 bits per heavy atom. The molecular formula is C11H17NOS. The van der Waals surface area contributed by atoms with E-state index in [1.54, 1.807) is 11.3 Å². The van der Waals surface area contributed by atoms with Crippen LogP contribution in [0.25, 0.3) is 0 Å². The first-order chi connectivity index (χ1) is 6.68. The summed E-state index contributed by atoms with van der Waals surface area (Å²) in [5, 5.41) is 10.3. The molecule has 14 heavy (non-hydrogen) atoms. The van der Waals surface area contributed by atoms with Crippen LogP contribution < -0.4 is 0 Å². The van der Waals surface area contributed by atoms with Crippen molar-refractivity contribution < 1.29 is 5.11 Å². The van der Waals surface area contributed by atoms with E-state index in [4.69, 9.17) is 0 Å². The van der Waals surface area contributed by atoms with Crippen LogP contribution in [0.2, 0.25) is 0 Å². The average Bonchev–Trinajstić information content (AvgIpc) is 2.63. The molecule has 1 N–H and O–H groups in total. The lowest BCUT2D eigenvalue weighted by Crippen LogP contribution is -2.35. The second-order valence-electron chi connectivity index (χ2n) is 4.55. The Morgan fingerprint density at radius 2 is 2.29 bits per heavy atom. The smallest absolute Gasteiger partial charge is 0.0794 e. The van der Waals surface area contributed by atoms with Gasteiger partial charge in [0, 0.05) is 17.5 Å². The Bertz CT molecular complexity index is 275. The van der Waals surface area contributed by atoms with Crippen LogP contribution in [-0.4, -0.2) is 15.7 Å². The van der Waals surface area contributed by atoms with Crippen LogP contribution in [0.4, 0.5) is 0 Å². The first kappa shape index (κ1) is 10.1. The van der Waals surface area contributed by atoms with Gasteiger partial charge in [0.15, 0.2) is 0 Å². The van der Waals surface area contributed by atoms with Crippen LogP contribution in [-0.2, 0) is 6.42 Å². The first-order valence-electron chi connectivity index (χ1n) is 5.28. The van der Waals surface area contributed by atoms with Gasteiger partial charge in [-0.15, -0.1) is 11.3 Å². The highest BCUT2D eigenvalue weighted by molar-refractivity contribution is 7.09. The Balaban J connectivity index is 1.96. The highest BCUT2D eigenvalue weighted by atomic mass is 32.1. The van der Waals surface area contributed by atoms with E-state index in [1.165, 1.54) is 4.88 Å². The predicted octanol–water partition coefficient (Wildman–Crippen LogP) is 2.63. The molecule has 2 nitrogen and oxygen atoms in total. The summed E-state index contributed by atoms with van der Waals surface area (Å²) in [6.07, 6.45) is 6.90. The van der Waals surface area contributed by atoms with Crippen LogP contribution in [0.5, 0.6) is 0 Å². The maximum absolute atomic E-state index is 10.3. The van der Waals surface area contributed by atoms with Crippen LogP contribution in [0.3, 0.4) is 0 Å². The van der Waals surface area contributed by atoms with Crippen molar-refractivity contribution in [3.63, 3.8) is 0 Å². The molecule has 78 valence electrons. The lowest BCUT2D eigenvalue weighted by atomic mass is 9.78. The number of nitrogens with zero attached hydrogens (tertiary/aromatic N) is 1. The fraction of sp³-hybridized carbons (Fsp3) is 0.727. The molecule has 0 atom stereocenters. The second-order valence-corrected chi connectivity index (χ2v) is 5.52. The van der Waals surface area contributed by atoms with E-state index in [0.29, 0.717) is 0 Å². The van der Waals surface area contributed by atoms with Gasteiger partial charge in [0.2, 0.25) is 0 Å². The highest BCUT2D eigenvalue weighted by Crippen LogP contribution is 2.34. The molecular weight excluding hydrogens is 194 g/mol. The fourth-order valence-corrected chi connectivity index (χ4v) is 2.86. The van der Waals surface area contributed by atoms with Crippen LogP contribution in [0.15, 0.2) is 11.7 Å². The van der Waals surface area contributed by atoms with Gasteiger partial charge < -0.3 is 5.11 Å². The molecule has 1 aliphatic carbocycles. The molecule has 0 aliphatic heterocycles. The summed E-state index contributed by atoms with van der Waals surface area (Å²) in [6.45, 7) is 2.27. The molecule has 0 spiro atoms. The standard InChI is InChI=1S/C11H17NOS/c1-9-2-4-11(13,5-3-9)6-10-7-12-8-14-10/h7-9,13H,2-6H2,1H3. The molecule has 0 saturated heterocycles. The van der Waals surface area contributed by atoms with Crippen molar-refractivity contribution in [2.45, 2.75) is 44.6 Å². The number of rotatable bonds is 2. The lowest BCUT2D eigenvalue weighted by Gasteiger charge is -2.34. The van der Waals surface area contributed by atoms with E-state index in [1.807, 2.05) is 11.7 Å². The predicted molar refractivity (Wildman–Crippen MR) is 58.4 cm³/mol. The summed E-state index contributed by atoms with van der Waals surface area (Å²) >= 11 is 1.64. The van der Waals surface area contributed by atoms with Crippen molar-refractivity contribution in [1.82, 2.24) is 4.98 Å². The zero-order chi connectivity index (χ0) is 10.0. The van der Waals surface area contributed by atoms with E-state index < -0.39 is 5.60 Å². The molecule has 0 radical (unpaired) electrons. The molecule has 1 aliphatic rings. The Hall–Kier alpha value is -0.410. The molecule has 1 heterocycles. The van der Waals surface area contributed by atoms with E-state index in [2.05, 4.69) is 11.9 Å². The summed E-state index contributed by atoms with van der Waals surface area (Å²) in [6, 6.07) is 0. The molecule has 1 fully saturated rings. The van der Waals surface area contributed by atoms with Gasteiger partial charge in [-0.25, -0.2) is 0 Å². The Morgan fingerprint density at radius 1 is 1.57 bits per heavy atom. The Labute approximate surface area is 89.0 Å². The number of thiazole rings is 1. The SMILES string of the molecule is CC1CCC(O)(Cc2cncs2)CC1. The minimum Gasteiger partial charge on any atom is -0.390 e. The summed E-state index contributed by atoms with van der Waals surface area (Å²) in [5.41, 5.74) is 1.39. The zero-order valence-electron chi connectivity index (χ0n) is 8.57. The van der Waals surface area contributed by atoms with Crippen molar-refractivity contribution in [2.24, 2.45) is 5.92 Å². The van der Waals surface area contributed by atoms with Gasteiger partial charge in [-0.05, 0) is 31.6 Å². The van der Waals surface area contributed by atoms with Gasteiger partial charge in [-0.2, -0.15) is 0 Å². The van der Waals surface area contributed by atoms with E-state index in [-0.39, 0.29) is 0 Å². The summed E-state index contributed by atoms with van der Waals surface area (Å²) in [5.74, 6) is 0.789. The van der Waals surface area contributed by atoms with Crippen molar-refractivity contribution in [2.75, 3.05) is 0 Å². The minimum absolute atomic E-state index is 0.445. The maximum Gasteiger partial charge on any atom is 0.0794 e. The fourth-order valence-electron chi connectivity index (χ4n) is 2.13. The van der Waals surface area contributed by atoms with Gasteiger partial charge in [0.05, 0.1) is 11.1 Å². The van der Waals surface area contributed by atoms with Crippen molar-refractivity contribution in [1.29, 1.82) is 0 Å². The van der Waals surface area contributed by atoms with Gasteiger partial charge in [-0.3, -0.25) is 4.98 Å². The van der Waals surface area contributed by atoms with Crippen molar-refractivity contribution in [3.8, 4) is 0 Å². The molecule has 0 amide bonds. The number of hydrogen-bond acceptors (Lipinski definition) is 3. The maximum atomic E-state index is 10.3. The molecule has 1 aromatic heterocycles. The number of aliphatic hydroxyl groups is 1. The zero-order valence-corrected chi connectivity index (χ0v) is 9.39. The lowest BCUT2D eigenvalue weighted by molar-refractivity contribution is -0.00605. The second kappa shape index (κ2) is 3.99. The van der Waals surface area contributed by atoms with Gasteiger partial charge in [-0.1, -0.05) is 6.92 Å². The third-order valence-electron chi connectivity index (χ3n) is 3.19. The molecule has 0 unspecified atom stereocenters. The third-order valence-corrected chi connectivity index (χ3v) is 3.97. The largest absolute Gasteiger partial charge is 0.390 e. The van der Waals surface area contributed by atoms with Gasteiger partial charge >= 0.3 is 0 Å². The minimum atomic E-state index is -0.445. The molecule has 3 heteroatoms. The number of hydrogen-bond donors (Lipinski definition) is 1. The van der Waals surface area contributed by atoms with Crippen LogP contribution >= 0.6 is 11.3 Å². The van der Waals surface area contributed by atoms with Gasteiger partial charge in [0.1, 0.15) is 0 Å². The summed E-state index contributed by atoms with van der Waals surface area (Å²) in [7, 11) is 0. The average molecular weight is 211 g/mol. The summed E-state index contributed by atoms with van der Waals surface area (Å²) in [4.78, 5) is 5.25. The molecule has 2 rings (SSSR count). The quantitative estimate of drug-likeness (QED) is 0.815. The van der Waals surface area contributed by atoms with Crippen LogP contribution in [0, 0.1) is 5.92 Å². The normalized spacial score (nSPS) is 33.1. The van der Waals surface area contributed by atoms with Crippen LogP contribution in [0.1, 0.15) is 37.5 Å². The summed E-state index contributed by atoms with van der Waals surface area (Å²) < 4.78 is 0. The first-order valence-corrected chi connectivity index (χ1v) is 6.16. The molecule has 1 aromatic rings. The van der Waals surface area contributed by atoms with E-state index >= 15 is 0 Å². The van der Waals surface area contributed by atoms with Crippen molar-refractivity contribution >= 4 is 11.3 Å². The Kier molecular flexibility index (Phi) is 2.88. The molecule has 1 saturated carbocycles. The van der Waals surface area contributed by atoms with E-state index in [0.717, 1.165) is 38.0 Å². The number of aromatic nitrogens is 1. The molecule has 0 bridgehead atoms. The molecule has 0 aromatic carbocycles. The highest BCUT2D eigenvalue weighted by Gasteiger charge is 2.32. The van der Waals surface area contributed by atoms with E-state index in [9.17, 15) is 5.11 Å². The monoisotopic (exact) mass is 211 g/mol. The third kappa shape index (κ3) is 2.34. The van der Waals surface area contributed by atoms with Crippen molar-refractivity contribution in [3.05, 3.63) is 16.6 Å². The topological polar surface area (TPSA) is 33.1 Å². The van der Waals surface area contributed by atoms with Gasteiger partial charge in [0.25, 0.3) is 0 Å².